The summed E-state index contributed by atoms with van der Waals surface area (Å²) in [4.78, 5) is 15.8. The van der Waals surface area contributed by atoms with Crippen molar-refractivity contribution in [3.8, 4) is 0 Å². The Morgan fingerprint density at radius 2 is 2.07 bits per heavy atom. The van der Waals surface area contributed by atoms with Gasteiger partial charge in [-0.1, -0.05) is 18.2 Å². The molecule has 9 heteroatoms. The predicted octanol–water partition coefficient (Wildman–Crippen LogP) is 2.41. The summed E-state index contributed by atoms with van der Waals surface area (Å²) in [5.74, 6) is -0.641. The molecule has 4 aromatic rings. The summed E-state index contributed by atoms with van der Waals surface area (Å²) in [7, 11) is -3.90. The lowest BCUT2D eigenvalue weighted by Gasteiger charge is -2.02. The molecule has 0 saturated heterocycles. The van der Waals surface area contributed by atoms with Crippen LogP contribution in [0.4, 0.5) is 0 Å². The number of H-pyrrole nitrogens is 1. The van der Waals surface area contributed by atoms with Crippen molar-refractivity contribution >= 4 is 38.2 Å². The topological polar surface area (TPSA) is 109 Å². The summed E-state index contributed by atoms with van der Waals surface area (Å²) < 4.78 is 31.8. The fourth-order valence-corrected chi connectivity index (χ4v) is 3.76. The highest BCUT2D eigenvalue weighted by molar-refractivity contribution is 7.89. The van der Waals surface area contributed by atoms with Crippen molar-refractivity contribution in [3.05, 3.63) is 64.8 Å². The highest BCUT2D eigenvalue weighted by Gasteiger charge is 2.15. The van der Waals surface area contributed by atoms with Crippen molar-refractivity contribution in [3.63, 3.8) is 0 Å². The number of aryl methyl sites for hydroxylation is 1. The first-order valence-corrected chi connectivity index (χ1v) is 9.72. The zero-order valence-electron chi connectivity index (χ0n) is 14.3. The Bertz CT molecular complexity index is 1330. The molecule has 0 aliphatic rings. The molecule has 0 fully saturated rings. The van der Waals surface area contributed by atoms with E-state index in [0.717, 1.165) is 23.0 Å². The van der Waals surface area contributed by atoms with Crippen molar-refractivity contribution in [2.75, 3.05) is 0 Å². The average Bonchev–Trinajstić information content (AvgIpc) is 3.20. The first kappa shape index (κ1) is 17.1. The van der Waals surface area contributed by atoms with Gasteiger partial charge in [0, 0.05) is 35.3 Å². The Balaban J connectivity index is 1.62. The van der Waals surface area contributed by atoms with Crippen LogP contribution in [-0.2, 0) is 16.6 Å². The third-order valence-corrected chi connectivity index (χ3v) is 5.46. The molecular weight excluding hydrogens is 368 g/mol. The number of aromatic nitrogens is 2. The van der Waals surface area contributed by atoms with E-state index in [1.807, 2.05) is 37.4 Å². The molecule has 0 unspecified atom stereocenters. The fourth-order valence-electron chi connectivity index (χ4n) is 2.95. The first-order chi connectivity index (χ1) is 13.0. The van der Waals surface area contributed by atoms with Crippen LogP contribution in [0.15, 0.2) is 67.9 Å². The van der Waals surface area contributed by atoms with Crippen LogP contribution in [-0.4, -0.2) is 24.2 Å². The maximum absolute atomic E-state index is 12.4. The minimum Gasteiger partial charge on any atom is -0.408 e. The Morgan fingerprint density at radius 3 is 2.89 bits per heavy atom. The third-order valence-electron chi connectivity index (χ3n) is 4.24. The molecule has 2 aromatic carbocycles. The van der Waals surface area contributed by atoms with Gasteiger partial charge in [0.05, 0.1) is 16.6 Å². The highest BCUT2D eigenvalue weighted by Crippen LogP contribution is 2.20. The van der Waals surface area contributed by atoms with Gasteiger partial charge in [0.25, 0.3) is 10.0 Å². The van der Waals surface area contributed by atoms with E-state index in [-0.39, 0.29) is 10.5 Å². The SMILES string of the molecule is CCn1cc(/C=N/NS(=O)(=O)c2ccc3[nH]c(=O)oc3c2)c2ccccc21. The Hall–Kier alpha value is -3.33. The van der Waals surface area contributed by atoms with E-state index in [9.17, 15) is 13.2 Å². The molecule has 0 bridgehead atoms. The molecule has 0 amide bonds. The summed E-state index contributed by atoms with van der Waals surface area (Å²) in [6, 6.07) is 11.9. The van der Waals surface area contributed by atoms with Gasteiger partial charge < -0.3 is 8.98 Å². The summed E-state index contributed by atoms with van der Waals surface area (Å²) >= 11 is 0. The van der Waals surface area contributed by atoms with Crippen LogP contribution in [0.25, 0.3) is 22.0 Å². The van der Waals surface area contributed by atoms with Crippen LogP contribution in [0, 0.1) is 0 Å². The maximum atomic E-state index is 12.4. The number of hydrogen-bond donors (Lipinski definition) is 2. The number of benzene rings is 2. The monoisotopic (exact) mass is 384 g/mol. The summed E-state index contributed by atoms with van der Waals surface area (Å²) in [6.07, 6.45) is 3.39. The number of hydrogen-bond acceptors (Lipinski definition) is 5. The van der Waals surface area contributed by atoms with Gasteiger partial charge in [0.1, 0.15) is 0 Å². The van der Waals surface area contributed by atoms with Gasteiger partial charge in [-0.2, -0.15) is 13.5 Å². The molecule has 27 heavy (non-hydrogen) atoms. The second kappa shape index (κ2) is 6.44. The van der Waals surface area contributed by atoms with Gasteiger partial charge in [0.15, 0.2) is 5.58 Å². The van der Waals surface area contributed by atoms with Crippen molar-refractivity contribution in [2.45, 2.75) is 18.4 Å². The summed E-state index contributed by atoms with van der Waals surface area (Å²) in [6.45, 7) is 2.83. The molecule has 0 radical (unpaired) electrons. The minimum absolute atomic E-state index is 0.0501. The Labute approximate surface area is 154 Å². The molecule has 0 aliphatic carbocycles. The quantitative estimate of drug-likeness (QED) is 0.407. The number of fused-ring (bicyclic) bond motifs is 2. The molecule has 2 heterocycles. The molecule has 2 N–H and O–H groups in total. The Kier molecular flexibility index (Phi) is 4.08. The average molecular weight is 384 g/mol. The second-order valence-corrected chi connectivity index (χ2v) is 7.57. The van der Waals surface area contributed by atoms with E-state index in [2.05, 4.69) is 19.5 Å². The molecular formula is C18H16N4O4S. The van der Waals surface area contributed by atoms with Gasteiger partial charge in [-0.25, -0.2) is 9.63 Å². The number of oxazole rings is 1. The van der Waals surface area contributed by atoms with E-state index in [0.29, 0.717) is 5.52 Å². The van der Waals surface area contributed by atoms with E-state index < -0.39 is 15.8 Å². The molecule has 8 nitrogen and oxygen atoms in total. The molecule has 2 aromatic heterocycles. The van der Waals surface area contributed by atoms with Crippen molar-refractivity contribution in [1.29, 1.82) is 0 Å². The molecule has 0 atom stereocenters. The first-order valence-electron chi connectivity index (χ1n) is 8.23. The van der Waals surface area contributed by atoms with Gasteiger partial charge in [-0.05, 0) is 25.1 Å². The van der Waals surface area contributed by atoms with Crippen LogP contribution in [0.1, 0.15) is 12.5 Å². The van der Waals surface area contributed by atoms with E-state index in [1.54, 1.807) is 0 Å². The van der Waals surface area contributed by atoms with Crippen LogP contribution in [0.2, 0.25) is 0 Å². The zero-order valence-corrected chi connectivity index (χ0v) is 15.2. The number of rotatable bonds is 5. The zero-order chi connectivity index (χ0) is 19.0. The summed E-state index contributed by atoms with van der Waals surface area (Å²) in [5, 5.41) is 4.88. The van der Waals surface area contributed by atoms with E-state index in [1.165, 1.54) is 24.4 Å². The van der Waals surface area contributed by atoms with Crippen LogP contribution < -0.4 is 10.6 Å². The van der Waals surface area contributed by atoms with E-state index in [4.69, 9.17) is 4.42 Å². The molecule has 0 spiro atoms. The van der Waals surface area contributed by atoms with Crippen molar-refractivity contribution in [1.82, 2.24) is 14.4 Å². The minimum atomic E-state index is -3.90. The maximum Gasteiger partial charge on any atom is 0.417 e. The van der Waals surface area contributed by atoms with E-state index >= 15 is 0 Å². The van der Waals surface area contributed by atoms with Gasteiger partial charge in [-0.15, -0.1) is 0 Å². The Morgan fingerprint density at radius 1 is 1.26 bits per heavy atom. The number of sulfonamides is 1. The lowest BCUT2D eigenvalue weighted by molar-refractivity contribution is 0.553. The normalized spacial score (nSPS) is 12.3. The van der Waals surface area contributed by atoms with Gasteiger partial charge >= 0.3 is 5.76 Å². The number of hydrazone groups is 1. The molecule has 138 valence electrons. The highest BCUT2D eigenvalue weighted by atomic mass is 32.2. The standard InChI is InChI=1S/C18H16N4O4S/c1-2-22-11-12(14-5-3-4-6-16(14)22)10-19-21-27(24,25)13-7-8-15-17(9-13)26-18(23)20-15/h3-11,21H,2H2,1H3,(H,20,23)/b19-10+. The van der Waals surface area contributed by atoms with Crippen molar-refractivity contribution in [2.24, 2.45) is 5.10 Å². The third kappa shape index (κ3) is 3.13. The summed E-state index contributed by atoms with van der Waals surface area (Å²) in [5.41, 5.74) is 2.45. The van der Waals surface area contributed by atoms with Crippen molar-refractivity contribution < 1.29 is 12.8 Å². The molecule has 0 aliphatic heterocycles. The molecule has 0 saturated carbocycles. The number of para-hydroxylation sites is 1. The lowest BCUT2D eigenvalue weighted by atomic mass is 10.2. The lowest BCUT2D eigenvalue weighted by Crippen LogP contribution is -2.18. The van der Waals surface area contributed by atoms with Gasteiger partial charge in [0.2, 0.25) is 0 Å². The smallest absolute Gasteiger partial charge is 0.408 e. The number of aromatic amines is 1. The van der Waals surface area contributed by atoms with Crippen LogP contribution >= 0.6 is 0 Å². The van der Waals surface area contributed by atoms with Crippen LogP contribution in [0.3, 0.4) is 0 Å². The fraction of sp³-hybridized carbons (Fsp3) is 0.111. The van der Waals surface area contributed by atoms with Gasteiger partial charge in [-0.3, -0.25) is 4.98 Å². The van der Waals surface area contributed by atoms with Crippen LogP contribution in [0.5, 0.6) is 0 Å². The molecule has 4 rings (SSSR count). The number of nitrogens with one attached hydrogen (secondary N) is 2. The number of nitrogens with zero attached hydrogens (tertiary/aromatic N) is 2. The largest absolute Gasteiger partial charge is 0.417 e. The second-order valence-electron chi connectivity index (χ2n) is 5.91. The predicted molar refractivity (Wildman–Crippen MR) is 102 cm³/mol.